The Balaban J connectivity index is 2.70. The number of rotatable bonds is 7. The summed E-state index contributed by atoms with van der Waals surface area (Å²) in [4.78, 5) is 28.6. The zero-order valence-electron chi connectivity index (χ0n) is 12.0. The molecule has 1 atom stereocenters. The molecule has 1 aromatic rings. The van der Waals surface area contributed by atoms with Gasteiger partial charge in [-0.05, 0) is 12.3 Å². The molecule has 0 bridgehead atoms. The van der Waals surface area contributed by atoms with Gasteiger partial charge in [0.2, 0.25) is 0 Å². The average molecular weight is 299 g/mol. The number of aliphatic carboxylic acids is 1. The molecule has 1 heterocycles. The summed E-state index contributed by atoms with van der Waals surface area (Å²) in [6, 6.07) is -0.533. The number of thiazole rings is 1. The molecule has 20 heavy (non-hydrogen) atoms. The highest BCUT2D eigenvalue weighted by Crippen LogP contribution is 2.19. The molecule has 2 amide bonds. The summed E-state index contributed by atoms with van der Waals surface area (Å²) in [5.41, 5.74) is 0. The molecule has 112 valence electrons. The first kappa shape index (κ1) is 16.4. The molecule has 0 saturated heterocycles. The Labute approximate surface area is 122 Å². The number of nitrogens with one attached hydrogen (secondary N) is 1. The highest BCUT2D eigenvalue weighted by molar-refractivity contribution is 7.09. The first-order chi connectivity index (χ1) is 9.43. The lowest BCUT2D eigenvalue weighted by Crippen LogP contribution is -2.45. The van der Waals surface area contributed by atoms with Crippen LogP contribution in [-0.2, 0) is 4.79 Å². The number of carbonyl (C=O) groups is 2. The summed E-state index contributed by atoms with van der Waals surface area (Å²) in [7, 11) is 0. The van der Waals surface area contributed by atoms with Crippen molar-refractivity contribution in [3.8, 4) is 0 Å². The maximum atomic E-state index is 12.2. The van der Waals surface area contributed by atoms with Crippen LogP contribution in [-0.4, -0.2) is 40.1 Å². The second-order valence-electron chi connectivity index (χ2n) is 4.95. The number of urea groups is 1. The van der Waals surface area contributed by atoms with E-state index in [1.807, 2.05) is 26.2 Å². The molecule has 0 aliphatic heterocycles. The molecule has 6 nitrogen and oxygen atoms in total. The summed E-state index contributed by atoms with van der Waals surface area (Å²) in [5.74, 6) is -0.803. The van der Waals surface area contributed by atoms with E-state index >= 15 is 0 Å². The van der Waals surface area contributed by atoms with Crippen molar-refractivity contribution < 1.29 is 14.7 Å². The number of amides is 2. The highest BCUT2D eigenvalue weighted by atomic mass is 32.1. The average Bonchev–Trinajstić information content (AvgIpc) is 2.87. The van der Waals surface area contributed by atoms with Gasteiger partial charge in [0.25, 0.3) is 0 Å². The molecule has 0 aliphatic rings. The van der Waals surface area contributed by atoms with Crippen LogP contribution in [0, 0.1) is 5.92 Å². The van der Waals surface area contributed by atoms with Crippen molar-refractivity contribution in [2.45, 2.75) is 33.2 Å². The zero-order valence-corrected chi connectivity index (χ0v) is 12.8. The van der Waals surface area contributed by atoms with Gasteiger partial charge < -0.3 is 15.3 Å². The van der Waals surface area contributed by atoms with Crippen LogP contribution in [0.3, 0.4) is 0 Å². The Morgan fingerprint density at radius 1 is 1.50 bits per heavy atom. The Morgan fingerprint density at radius 2 is 2.20 bits per heavy atom. The molecule has 0 aliphatic carbocycles. The van der Waals surface area contributed by atoms with Gasteiger partial charge >= 0.3 is 12.0 Å². The number of hydrogen-bond acceptors (Lipinski definition) is 4. The number of carboxylic acid groups (broad SMARTS) is 1. The monoisotopic (exact) mass is 299 g/mol. The van der Waals surface area contributed by atoms with Gasteiger partial charge in [0, 0.05) is 18.1 Å². The van der Waals surface area contributed by atoms with E-state index in [2.05, 4.69) is 10.3 Å². The molecule has 0 radical (unpaired) electrons. The van der Waals surface area contributed by atoms with Crippen molar-refractivity contribution in [1.82, 2.24) is 15.2 Å². The molecule has 2 N–H and O–H groups in total. The van der Waals surface area contributed by atoms with Crippen LogP contribution in [0.15, 0.2) is 11.6 Å². The molecular weight excluding hydrogens is 278 g/mol. The van der Waals surface area contributed by atoms with Crippen molar-refractivity contribution in [2.75, 3.05) is 13.1 Å². The second-order valence-corrected chi connectivity index (χ2v) is 5.87. The maximum absolute atomic E-state index is 12.2. The quantitative estimate of drug-likeness (QED) is 0.809. The highest BCUT2D eigenvalue weighted by Gasteiger charge is 2.22. The summed E-state index contributed by atoms with van der Waals surface area (Å²) in [5, 5.41) is 14.4. The summed E-state index contributed by atoms with van der Waals surface area (Å²) in [6.07, 6.45) is 2.40. The third-order valence-electron chi connectivity index (χ3n) is 2.65. The van der Waals surface area contributed by atoms with E-state index in [4.69, 9.17) is 5.11 Å². The maximum Gasteiger partial charge on any atom is 0.323 e. The van der Waals surface area contributed by atoms with Crippen LogP contribution >= 0.6 is 11.3 Å². The zero-order chi connectivity index (χ0) is 15.1. The molecule has 0 aromatic carbocycles. The first-order valence-electron chi connectivity index (χ1n) is 6.60. The van der Waals surface area contributed by atoms with E-state index in [-0.39, 0.29) is 24.5 Å². The molecule has 0 spiro atoms. The fourth-order valence-electron chi connectivity index (χ4n) is 1.81. The predicted octanol–water partition coefficient (Wildman–Crippen LogP) is 2.35. The van der Waals surface area contributed by atoms with Crippen molar-refractivity contribution in [3.63, 3.8) is 0 Å². The van der Waals surface area contributed by atoms with E-state index in [1.165, 1.54) is 16.2 Å². The van der Waals surface area contributed by atoms with Gasteiger partial charge in [0.1, 0.15) is 11.6 Å². The van der Waals surface area contributed by atoms with Gasteiger partial charge in [-0.25, -0.2) is 9.78 Å². The van der Waals surface area contributed by atoms with E-state index in [0.717, 1.165) is 5.01 Å². The SMILES string of the molecule is CCC(NC(=O)N(CC(=O)O)CC(C)C)c1nccs1. The predicted molar refractivity (Wildman–Crippen MR) is 77.7 cm³/mol. The van der Waals surface area contributed by atoms with Crippen LogP contribution in [0.4, 0.5) is 4.79 Å². The van der Waals surface area contributed by atoms with Crippen LogP contribution in [0.1, 0.15) is 38.2 Å². The molecular formula is C13H21N3O3S. The van der Waals surface area contributed by atoms with Gasteiger partial charge in [0.05, 0.1) is 6.04 Å². The standard InChI is InChI=1S/C13H21N3O3S/c1-4-10(12-14-5-6-20-12)15-13(19)16(7-9(2)3)8-11(17)18/h5-6,9-10H,4,7-8H2,1-3H3,(H,15,19)(H,17,18). The fraction of sp³-hybridized carbons (Fsp3) is 0.615. The number of nitrogens with zero attached hydrogens (tertiary/aromatic N) is 2. The van der Waals surface area contributed by atoms with E-state index in [9.17, 15) is 9.59 Å². The van der Waals surface area contributed by atoms with E-state index in [0.29, 0.717) is 13.0 Å². The van der Waals surface area contributed by atoms with Crippen LogP contribution in [0.25, 0.3) is 0 Å². The third-order valence-corrected chi connectivity index (χ3v) is 3.54. The minimum absolute atomic E-state index is 0.175. The normalized spacial score (nSPS) is 12.2. The van der Waals surface area contributed by atoms with Gasteiger partial charge in [-0.2, -0.15) is 0 Å². The number of hydrogen-bond donors (Lipinski definition) is 2. The van der Waals surface area contributed by atoms with Gasteiger partial charge in [-0.1, -0.05) is 20.8 Å². The third kappa shape index (κ3) is 5.16. The van der Waals surface area contributed by atoms with Crippen molar-refractivity contribution >= 4 is 23.3 Å². The van der Waals surface area contributed by atoms with Crippen molar-refractivity contribution in [2.24, 2.45) is 5.92 Å². The van der Waals surface area contributed by atoms with Crippen LogP contribution in [0.2, 0.25) is 0 Å². The molecule has 0 fully saturated rings. The minimum atomic E-state index is -1.01. The Kier molecular flexibility index (Phi) is 6.44. The van der Waals surface area contributed by atoms with Crippen molar-refractivity contribution in [1.29, 1.82) is 0 Å². The van der Waals surface area contributed by atoms with E-state index in [1.54, 1.807) is 6.20 Å². The number of aromatic nitrogens is 1. The fourth-order valence-corrected chi connectivity index (χ4v) is 2.58. The van der Waals surface area contributed by atoms with Gasteiger partial charge in [-0.15, -0.1) is 11.3 Å². The molecule has 1 rings (SSSR count). The first-order valence-corrected chi connectivity index (χ1v) is 7.48. The lowest BCUT2D eigenvalue weighted by atomic mass is 10.2. The lowest BCUT2D eigenvalue weighted by molar-refractivity contribution is -0.137. The van der Waals surface area contributed by atoms with Gasteiger partial charge in [-0.3, -0.25) is 4.79 Å². The molecule has 7 heteroatoms. The number of carboxylic acids is 1. The molecule has 0 saturated carbocycles. The summed E-state index contributed by atoms with van der Waals surface area (Å²) in [6.45, 7) is 5.96. The summed E-state index contributed by atoms with van der Waals surface area (Å²) < 4.78 is 0. The minimum Gasteiger partial charge on any atom is -0.480 e. The lowest BCUT2D eigenvalue weighted by Gasteiger charge is -2.25. The Bertz CT molecular complexity index is 434. The van der Waals surface area contributed by atoms with Crippen molar-refractivity contribution in [3.05, 3.63) is 16.6 Å². The Hall–Kier alpha value is -1.63. The number of carbonyl (C=O) groups excluding carboxylic acids is 1. The topological polar surface area (TPSA) is 82.5 Å². The largest absolute Gasteiger partial charge is 0.480 e. The second kappa shape index (κ2) is 7.84. The Morgan fingerprint density at radius 3 is 2.65 bits per heavy atom. The smallest absolute Gasteiger partial charge is 0.323 e. The van der Waals surface area contributed by atoms with Crippen LogP contribution < -0.4 is 5.32 Å². The molecule has 1 unspecified atom stereocenters. The van der Waals surface area contributed by atoms with E-state index < -0.39 is 5.97 Å². The van der Waals surface area contributed by atoms with Crippen LogP contribution in [0.5, 0.6) is 0 Å². The molecule has 1 aromatic heterocycles. The summed E-state index contributed by atoms with van der Waals surface area (Å²) >= 11 is 1.48. The van der Waals surface area contributed by atoms with Gasteiger partial charge in [0.15, 0.2) is 0 Å².